The van der Waals surface area contributed by atoms with Crippen molar-refractivity contribution in [1.82, 2.24) is 4.90 Å². The van der Waals surface area contributed by atoms with Crippen molar-refractivity contribution in [3.8, 4) is 0 Å². The van der Waals surface area contributed by atoms with Gasteiger partial charge in [0, 0.05) is 31.5 Å². The molecule has 2 aliphatic heterocycles. The number of hydrogen-bond donors (Lipinski definition) is 1. The van der Waals surface area contributed by atoms with E-state index in [2.05, 4.69) is 30.5 Å². The minimum absolute atomic E-state index is 0.221. The van der Waals surface area contributed by atoms with Crippen LogP contribution in [0.1, 0.15) is 33.1 Å². The van der Waals surface area contributed by atoms with Gasteiger partial charge in [0.05, 0.1) is 6.61 Å². The molecule has 0 amide bonds. The van der Waals surface area contributed by atoms with E-state index < -0.39 is 0 Å². The molecule has 19 heavy (non-hydrogen) atoms. The van der Waals surface area contributed by atoms with E-state index in [-0.39, 0.29) is 5.54 Å². The average Bonchev–Trinajstić information content (AvgIpc) is 2.38. The summed E-state index contributed by atoms with van der Waals surface area (Å²) in [4.78, 5) is 2.69. The van der Waals surface area contributed by atoms with Gasteiger partial charge in [-0.2, -0.15) is 11.8 Å². The Morgan fingerprint density at radius 3 is 2.79 bits per heavy atom. The fourth-order valence-electron chi connectivity index (χ4n) is 3.84. The number of rotatable bonds is 4. The van der Waals surface area contributed by atoms with Gasteiger partial charge in [0.1, 0.15) is 0 Å². The maximum atomic E-state index is 6.22. The van der Waals surface area contributed by atoms with E-state index in [1.54, 1.807) is 0 Å². The van der Waals surface area contributed by atoms with E-state index in [4.69, 9.17) is 10.5 Å². The molecule has 2 unspecified atom stereocenters. The number of nitrogens with zero attached hydrogens (tertiary/aromatic N) is 1. The van der Waals surface area contributed by atoms with Crippen LogP contribution in [0.5, 0.6) is 0 Å². The molecule has 0 bridgehead atoms. The standard InChI is InChI=1S/C15H30N2OS/c1-14(2)9-15(10-16,12-19-11-14)17-6-4-5-13(7-17)8-18-3/h13H,4-12,16H2,1-3H3. The van der Waals surface area contributed by atoms with Crippen LogP contribution in [0.2, 0.25) is 0 Å². The number of likely N-dealkylation sites (tertiary alicyclic amines) is 1. The molecule has 0 radical (unpaired) electrons. The van der Waals surface area contributed by atoms with Crippen molar-refractivity contribution in [1.29, 1.82) is 0 Å². The van der Waals surface area contributed by atoms with Crippen molar-refractivity contribution in [2.45, 2.75) is 38.6 Å². The van der Waals surface area contributed by atoms with Crippen molar-refractivity contribution >= 4 is 11.8 Å². The molecule has 0 aromatic carbocycles. The molecule has 2 rings (SSSR count). The third kappa shape index (κ3) is 3.66. The van der Waals surface area contributed by atoms with Gasteiger partial charge >= 0.3 is 0 Å². The van der Waals surface area contributed by atoms with Crippen LogP contribution in [0.15, 0.2) is 0 Å². The van der Waals surface area contributed by atoms with E-state index in [9.17, 15) is 0 Å². The lowest BCUT2D eigenvalue weighted by molar-refractivity contribution is 0.0114. The van der Waals surface area contributed by atoms with Gasteiger partial charge in [-0.05, 0) is 42.9 Å². The number of ether oxygens (including phenoxy) is 1. The Labute approximate surface area is 122 Å². The first-order valence-electron chi connectivity index (χ1n) is 7.53. The maximum absolute atomic E-state index is 6.22. The molecular formula is C15H30N2OS. The summed E-state index contributed by atoms with van der Waals surface area (Å²) in [7, 11) is 1.82. The number of thioether (sulfide) groups is 1. The fraction of sp³-hybridized carbons (Fsp3) is 1.00. The van der Waals surface area contributed by atoms with Crippen LogP contribution in [0, 0.1) is 11.3 Å². The highest BCUT2D eigenvalue weighted by Crippen LogP contribution is 2.43. The fourth-order valence-corrected chi connectivity index (χ4v) is 5.38. The molecule has 0 saturated carbocycles. The Hall–Kier alpha value is 0.230. The summed E-state index contributed by atoms with van der Waals surface area (Å²) in [5, 5.41) is 0. The first-order valence-corrected chi connectivity index (χ1v) is 8.69. The second-order valence-corrected chi connectivity index (χ2v) is 8.16. The van der Waals surface area contributed by atoms with Crippen molar-refractivity contribution in [2.24, 2.45) is 17.1 Å². The third-order valence-electron chi connectivity index (χ3n) is 4.64. The van der Waals surface area contributed by atoms with E-state index in [1.807, 2.05) is 7.11 Å². The van der Waals surface area contributed by atoms with Gasteiger partial charge in [-0.15, -0.1) is 0 Å². The minimum atomic E-state index is 0.221. The Balaban J connectivity index is 2.07. The lowest BCUT2D eigenvalue weighted by Crippen LogP contribution is -2.62. The van der Waals surface area contributed by atoms with Crippen LogP contribution < -0.4 is 5.73 Å². The summed E-state index contributed by atoms with van der Waals surface area (Å²) in [6.07, 6.45) is 3.84. The van der Waals surface area contributed by atoms with Gasteiger partial charge in [-0.1, -0.05) is 13.8 Å². The zero-order chi connectivity index (χ0) is 13.9. The lowest BCUT2D eigenvalue weighted by Gasteiger charge is -2.52. The normalized spacial score (nSPS) is 36.3. The first kappa shape index (κ1) is 15.6. The number of nitrogens with two attached hydrogens (primary N) is 1. The second kappa shape index (κ2) is 6.33. The SMILES string of the molecule is COCC1CCCN(C2(CN)CSCC(C)(C)C2)C1. The first-order chi connectivity index (χ1) is 9.01. The van der Waals surface area contributed by atoms with Gasteiger partial charge < -0.3 is 10.5 Å². The highest BCUT2D eigenvalue weighted by atomic mass is 32.2. The molecule has 2 aliphatic rings. The molecule has 0 aromatic heterocycles. The largest absolute Gasteiger partial charge is 0.384 e. The smallest absolute Gasteiger partial charge is 0.0502 e. The summed E-state index contributed by atoms with van der Waals surface area (Å²) in [6.45, 7) is 8.85. The van der Waals surface area contributed by atoms with Crippen molar-refractivity contribution in [2.75, 3.05) is 44.9 Å². The predicted molar refractivity (Wildman–Crippen MR) is 83.7 cm³/mol. The molecule has 2 N–H and O–H groups in total. The maximum Gasteiger partial charge on any atom is 0.0502 e. The van der Waals surface area contributed by atoms with Crippen molar-refractivity contribution in [3.05, 3.63) is 0 Å². The highest BCUT2D eigenvalue weighted by molar-refractivity contribution is 7.99. The third-order valence-corrected chi connectivity index (χ3v) is 6.37. The molecule has 2 saturated heterocycles. The monoisotopic (exact) mass is 286 g/mol. The second-order valence-electron chi connectivity index (χ2n) is 7.17. The van der Waals surface area contributed by atoms with Gasteiger partial charge in [0.25, 0.3) is 0 Å². The van der Waals surface area contributed by atoms with Gasteiger partial charge in [0.15, 0.2) is 0 Å². The zero-order valence-electron chi connectivity index (χ0n) is 12.8. The van der Waals surface area contributed by atoms with E-state index in [0.29, 0.717) is 11.3 Å². The number of hydrogen-bond acceptors (Lipinski definition) is 4. The topological polar surface area (TPSA) is 38.5 Å². The van der Waals surface area contributed by atoms with Crippen molar-refractivity contribution < 1.29 is 4.74 Å². The van der Waals surface area contributed by atoms with Crippen LogP contribution in [0.4, 0.5) is 0 Å². The van der Waals surface area contributed by atoms with Crippen LogP contribution >= 0.6 is 11.8 Å². The summed E-state index contributed by atoms with van der Waals surface area (Å²) in [5.74, 6) is 3.16. The molecule has 2 fully saturated rings. The average molecular weight is 286 g/mol. The molecular weight excluding hydrogens is 256 g/mol. The van der Waals surface area contributed by atoms with Crippen LogP contribution in [0.3, 0.4) is 0 Å². The van der Waals surface area contributed by atoms with Crippen LogP contribution in [0.25, 0.3) is 0 Å². The molecule has 3 nitrogen and oxygen atoms in total. The summed E-state index contributed by atoms with van der Waals surface area (Å²) in [5.41, 5.74) is 6.86. The molecule has 112 valence electrons. The molecule has 4 heteroatoms. The van der Waals surface area contributed by atoms with Gasteiger partial charge in [-0.3, -0.25) is 4.90 Å². The Kier molecular flexibility index (Phi) is 5.21. The molecule has 0 aliphatic carbocycles. The van der Waals surface area contributed by atoms with Crippen LogP contribution in [-0.4, -0.2) is 55.3 Å². The Morgan fingerprint density at radius 2 is 2.16 bits per heavy atom. The Bertz CT molecular complexity index is 296. The summed E-state index contributed by atoms with van der Waals surface area (Å²) in [6, 6.07) is 0. The summed E-state index contributed by atoms with van der Waals surface area (Å²) >= 11 is 2.09. The van der Waals surface area contributed by atoms with E-state index >= 15 is 0 Å². The zero-order valence-corrected chi connectivity index (χ0v) is 13.6. The van der Waals surface area contributed by atoms with E-state index in [0.717, 1.165) is 13.2 Å². The Morgan fingerprint density at radius 1 is 1.37 bits per heavy atom. The highest BCUT2D eigenvalue weighted by Gasteiger charge is 2.44. The molecule has 2 heterocycles. The summed E-state index contributed by atoms with van der Waals surface area (Å²) < 4.78 is 5.36. The predicted octanol–water partition coefficient (Wildman–Crippen LogP) is 2.21. The number of piperidine rings is 1. The van der Waals surface area contributed by atoms with Gasteiger partial charge in [0.2, 0.25) is 0 Å². The van der Waals surface area contributed by atoms with E-state index in [1.165, 1.54) is 43.9 Å². The molecule has 0 spiro atoms. The van der Waals surface area contributed by atoms with Gasteiger partial charge in [-0.25, -0.2) is 0 Å². The van der Waals surface area contributed by atoms with Crippen LogP contribution in [-0.2, 0) is 4.74 Å². The quantitative estimate of drug-likeness (QED) is 0.860. The van der Waals surface area contributed by atoms with Crippen molar-refractivity contribution in [3.63, 3.8) is 0 Å². The minimum Gasteiger partial charge on any atom is -0.384 e. The molecule has 0 aromatic rings. The molecule has 2 atom stereocenters. The number of methoxy groups -OCH3 is 1. The lowest BCUT2D eigenvalue weighted by atomic mass is 9.77.